The number of nitrogens with zero attached hydrogens (tertiary/aromatic N) is 2. The molecule has 3 rings (SSSR count). The van der Waals surface area contributed by atoms with Crippen molar-refractivity contribution in [2.24, 2.45) is 5.92 Å². The van der Waals surface area contributed by atoms with Gasteiger partial charge in [0.1, 0.15) is 4.90 Å². The van der Waals surface area contributed by atoms with E-state index in [4.69, 9.17) is 23.2 Å². The highest BCUT2D eigenvalue weighted by atomic mass is 35.5. The van der Waals surface area contributed by atoms with Crippen LogP contribution in [0, 0.1) is 5.92 Å². The summed E-state index contributed by atoms with van der Waals surface area (Å²) in [6.07, 6.45) is 3.69. The van der Waals surface area contributed by atoms with Crippen molar-refractivity contribution in [3.05, 3.63) is 58.3 Å². The zero-order valence-electron chi connectivity index (χ0n) is 14.2. The van der Waals surface area contributed by atoms with Crippen molar-refractivity contribution in [3.63, 3.8) is 0 Å². The first-order valence-electron chi connectivity index (χ1n) is 8.51. The van der Waals surface area contributed by atoms with Crippen LogP contribution in [0.1, 0.15) is 18.5 Å². The van der Waals surface area contributed by atoms with E-state index >= 15 is 0 Å². The number of piperidine rings is 1. The number of aromatic nitrogens is 1. The van der Waals surface area contributed by atoms with Gasteiger partial charge in [0.25, 0.3) is 0 Å². The lowest BCUT2D eigenvalue weighted by Crippen LogP contribution is -2.38. The first kappa shape index (κ1) is 19.6. The molecule has 0 unspecified atom stereocenters. The van der Waals surface area contributed by atoms with E-state index < -0.39 is 10.0 Å². The fraction of sp³-hybridized carbons (Fsp3) is 0.389. The number of benzene rings is 1. The van der Waals surface area contributed by atoms with Gasteiger partial charge in [0.05, 0.1) is 10.7 Å². The molecule has 0 radical (unpaired) electrons. The molecule has 0 atom stereocenters. The maximum absolute atomic E-state index is 12.5. The molecular weight excluding hydrogens is 393 g/mol. The monoisotopic (exact) mass is 413 g/mol. The Bertz CT molecular complexity index is 839. The number of rotatable bonds is 6. The fourth-order valence-corrected chi connectivity index (χ4v) is 4.93. The molecule has 140 valence electrons. The van der Waals surface area contributed by atoms with Gasteiger partial charge in [0, 0.05) is 24.3 Å². The van der Waals surface area contributed by atoms with Crippen LogP contribution in [0.5, 0.6) is 0 Å². The van der Waals surface area contributed by atoms with Crippen LogP contribution in [0.2, 0.25) is 10.0 Å². The number of nitrogens with one attached hydrogen (secondary N) is 1. The van der Waals surface area contributed by atoms with Crippen molar-refractivity contribution in [2.75, 3.05) is 19.6 Å². The third-order valence-electron chi connectivity index (χ3n) is 4.56. The quantitative estimate of drug-likeness (QED) is 0.785. The van der Waals surface area contributed by atoms with Crippen molar-refractivity contribution in [3.8, 4) is 0 Å². The molecule has 1 aromatic carbocycles. The lowest BCUT2D eigenvalue weighted by atomic mass is 9.97. The number of hydrogen-bond acceptors (Lipinski definition) is 4. The molecule has 0 bridgehead atoms. The van der Waals surface area contributed by atoms with Crippen molar-refractivity contribution in [2.45, 2.75) is 24.3 Å². The van der Waals surface area contributed by atoms with Gasteiger partial charge in [-0.2, -0.15) is 0 Å². The number of halogens is 2. The summed E-state index contributed by atoms with van der Waals surface area (Å²) in [7, 11) is -3.66. The first-order chi connectivity index (χ1) is 12.4. The van der Waals surface area contributed by atoms with Crippen LogP contribution in [-0.4, -0.2) is 37.9 Å². The van der Waals surface area contributed by atoms with Crippen LogP contribution in [0.3, 0.4) is 0 Å². The SMILES string of the molecule is O=S(=O)(NCC1CCN(Cc2ccccn2)CC1)c1cc(Cl)ccc1Cl. The molecule has 2 heterocycles. The maximum atomic E-state index is 12.5. The Morgan fingerprint density at radius 3 is 2.62 bits per heavy atom. The minimum atomic E-state index is -3.66. The van der Waals surface area contributed by atoms with E-state index in [9.17, 15) is 8.42 Å². The second kappa shape index (κ2) is 8.67. The molecule has 1 saturated heterocycles. The van der Waals surface area contributed by atoms with Gasteiger partial charge in [-0.25, -0.2) is 13.1 Å². The fourth-order valence-electron chi connectivity index (χ4n) is 3.06. The second-order valence-electron chi connectivity index (χ2n) is 6.47. The molecule has 1 fully saturated rings. The second-order valence-corrected chi connectivity index (χ2v) is 9.05. The highest BCUT2D eigenvalue weighted by molar-refractivity contribution is 7.89. The molecule has 8 heteroatoms. The van der Waals surface area contributed by atoms with Crippen LogP contribution in [0.15, 0.2) is 47.5 Å². The van der Waals surface area contributed by atoms with Gasteiger partial charge in [-0.3, -0.25) is 9.88 Å². The summed E-state index contributed by atoms with van der Waals surface area (Å²) >= 11 is 11.9. The molecule has 0 amide bonds. The third kappa shape index (κ3) is 5.18. The lowest BCUT2D eigenvalue weighted by molar-refractivity contribution is 0.177. The topological polar surface area (TPSA) is 62.3 Å². The van der Waals surface area contributed by atoms with Gasteiger partial charge in [-0.1, -0.05) is 29.3 Å². The lowest BCUT2D eigenvalue weighted by Gasteiger charge is -2.31. The Labute approximate surface area is 164 Å². The summed E-state index contributed by atoms with van der Waals surface area (Å²) in [5.74, 6) is 0.308. The Balaban J connectivity index is 1.51. The van der Waals surface area contributed by atoms with Crippen LogP contribution in [-0.2, 0) is 16.6 Å². The summed E-state index contributed by atoms with van der Waals surface area (Å²) < 4.78 is 27.6. The van der Waals surface area contributed by atoms with Gasteiger partial charge < -0.3 is 0 Å². The molecule has 0 saturated carbocycles. The van der Waals surface area contributed by atoms with E-state index in [0.29, 0.717) is 17.5 Å². The zero-order valence-corrected chi connectivity index (χ0v) is 16.6. The Morgan fingerprint density at radius 2 is 1.92 bits per heavy atom. The Kier molecular flexibility index (Phi) is 6.53. The van der Waals surface area contributed by atoms with Crippen molar-refractivity contribution >= 4 is 33.2 Å². The highest BCUT2D eigenvalue weighted by Crippen LogP contribution is 2.25. The van der Waals surface area contributed by atoms with E-state index in [1.165, 1.54) is 12.1 Å². The van der Waals surface area contributed by atoms with Crippen LogP contribution in [0.25, 0.3) is 0 Å². The first-order valence-corrected chi connectivity index (χ1v) is 10.7. The smallest absolute Gasteiger partial charge is 0.242 e. The molecule has 0 aliphatic carbocycles. The van der Waals surface area contributed by atoms with Crippen LogP contribution >= 0.6 is 23.2 Å². The number of pyridine rings is 1. The summed E-state index contributed by atoms with van der Waals surface area (Å²) in [6.45, 7) is 3.10. The molecule has 2 aromatic rings. The molecule has 1 aliphatic rings. The van der Waals surface area contributed by atoms with E-state index in [-0.39, 0.29) is 9.92 Å². The van der Waals surface area contributed by atoms with Gasteiger partial charge in [0.2, 0.25) is 10.0 Å². The number of likely N-dealkylation sites (tertiary alicyclic amines) is 1. The maximum Gasteiger partial charge on any atom is 0.242 e. The van der Waals surface area contributed by atoms with Crippen molar-refractivity contribution < 1.29 is 8.42 Å². The predicted molar refractivity (Wildman–Crippen MR) is 104 cm³/mol. The molecule has 26 heavy (non-hydrogen) atoms. The summed E-state index contributed by atoms with van der Waals surface area (Å²) in [5, 5.41) is 0.518. The largest absolute Gasteiger partial charge is 0.297 e. The minimum Gasteiger partial charge on any atom is -0.297 e. The highest BCUT2D eigenvalue weighted by Gasteiger charge is 2.23. The summed E-state index contributed by atoms with van der Waals surface area (Å²) in [4.78, 5) is 6.73. The summed E-state index contributed by atoms with van der Waals surface area (Å²) in [5.41, 5.74) is 1.06. The normalized spacial score (nSPS) is 16.7. The summed E-state index contributed by atoms with van der Waals surface area (Å²) in [6, 6.07) is 10.4. The standard InChI is InChI=1S/C18H21Cl2N3O2S/c19-15-4-5-17(20)18(11-15)26(24,25)22-12-14-6-9-23(10-7-14)13-16-3-1-2-8-21-16/h1-5,8,11,14,22H,6-7,9-10,12-13H2. The molecular formula is C18H21Cl2N3O2S. The minimum absolute atomic E-state index is 0.0271. The average molecular weight is 414 g/mol. The molecule has 0 spiro atoms. The average Bonchev–Trinajstić information content (AvgIpc) is 2.64. The van der Waals surface area contributed by atoms with E-state index in [0.717, 1.165) is 38.2 Å². The van der Waals surface area contributed by atoms with Crippen molar-refractivity contribution in [1.29, 1.82) is 0 Å². The molecule has 1 N–H and O–H groups in total. The van der Waals surface area contributed by atoms with Gasteiger partial charge in [-0.15, -0.1) is 0 Å². The zero-order chi connectivity index (χ0) is 18.6. The van der Waals surface area contributed by atoms with Crippen LogP contribution in [0.4, 0.5) is 0 Å². The van der Waals surface area contributed by atoms with Gasteiger partial charge >= 0.3 is 0 Å². The van der Waals surface area contributed by atoms with E-state index in [2.05, 4.69) is 14.6 Å². The Hall–Kier alpha value is -1.18. The molecule has 1 aromatic heterocycles. The molecule has 5 nitrogen and oxygen atoms in total. The number of sulfonamides is 1. The van der Waals surface area contributed by atoms with E-state index in [1.54, 1.807) is 12.3 Å². The third-order valence-corrected chi connectivity index (χ3v) is 6.70. The van der Waals surface area contributed by atoms with E-state index in [1.807, 2.05) is 18.2 Å². The predicted octanol–water partition coefficient (Wildman–Crippen LogP) is 3.58. The van der Waals surface area contributed by atoms with Crippen molar-refractivity contribution in [1.82, 2.24) is 14.6 Å². The number of hydrogen-bond donors (Lipinski definition) is 1. The van der Waals surface area contributed by atoms with Gasteiger partial charge in [0.15, 0.2) is 0 Å². The molecule has 1 aliphatic heterocycles. The van der Waals surface area contributed by atoms with Crippen LogP contribution < -0.4 is 4.72 Å². The Morgan fingerprint density at radius 1 is 1.15 bits per heavy atom. The van der Waals surface area contributed by atoms with Gasteiger partial charge in [-0.05, 0) is 62.2 Å².